The van der Waals surface area contributed by atoms with Crippen LogP contribution in [0.5, 0.6) is 0 Å². The maximum absolute atomic E-state index is 6.49. The molecule has 4 rings (SSSR count). The maximum atomic E-state index is 6.49. The second-order valence-electron chi connectivity index (χ2n) is 8.58. The minimum absolute atomic E-state index is 0.427. The summed E-state index contributed by atoms with van der Waals surface area (Å²) in [5.41, 5.74) is 3.54. The number of aromatic nitrogens is 4. The van der Waals surface area contributed by atoms with E-state index in [4.69, 9.17) is 20.9 Å². The van der Waals surface area contributed by atoms with Gasteiger partial charge in [-0.05, 0) is 48.4 Å². The molecule has 1 fully saturated rings. The van der Waals surface area contributed by atoms with Crippen LogP contribution in [0.25, 0.3) is 22.3 Å². The van der Waals surface area contributed by atoms with Gasteiger partial charge in [0.15, 0.2) is 5.76 Å². The van der Waals surface area contributed by atoms with Crippen LogP contribution in [0.2, 0.25) is 30.8 Å². The van der Waals surface area contributed by atoms with E-state index in [1.54, 1.807) is 0 Å². The van der Waals surface area contributed by atoms with Crippen LogP contribution in [-0.2, 0) is 11.5 Å². The molecule has 1 aliphatic carbocycles. The van der Waals surface area contributed by atoms with Crippen molar-refractivity contribution in [3.8, 4) is 11.3 Å². The van der Waals surface area contributed by atoms with Gasteiger partial charge in [-0.15, -0.1) is 0 Å². The number of hydrogen-bond acceptors (Lipinski definition) is 5. The summed E-state index contributed by atoms with van der Waals surface area (Å²) in [6, 6.07) is 1.12. The molecule has 0 spiro atoms. The topological polar surface area (TPSA) is 66.0 Å². The first kappa shape index (κ1) is 20.3. The Kier molecular flexibility index (Phi) is 5.58. The van der Waals surface area contributed by atoms with Crippen molar-refractivity contribution in [2.24, 2.45) is 0 Å². The molecule has 0 N–H and O–H groups in total. The van der Waals surface area contributed by atoms with E-state index in [2.05, 4.69) is 68.8 Å². The predicted molar refractivity (Wildman–Crippen MR) is 122 cm³/mol. The molecule has 0 unspecified atom stereocenters. The van der Waals surface area contributed by atoms with Gasteiger partial charge in [-0.3, -0.25) is 0 Å². The second-order valence-corrected chi connectivity index (χ2v) is 15.6. The third kappa shape index (κ3) is 3.88. The Morgan fingerprint density at radius 1 is 1.32 bits per heavy atom. The van der Waals surface area contributed by atoms with Crippen LogP contribution in [-0.4, -0.2) is 34.4 Å². The first-order valence-corrected chi connectivity index (χ1v) is 14.7. The third-order valence-corrected chi connectivity index (χ3v) is 8.15. The standard InChI is InChI=1S/C19H24ClIN4O2Si/c1-11-13(16-15(21)17(27-24-16)12-5-6-12)14-18(20)22-9-23-19(14)25(11)10-26-7-8-28(2,3)4/h9,12H,5-8,10H2,1-4H3. The van der Waals surface area contributed by atoms with Crippen LogP contribution in [0.15, 0.2) is 10.9 Å². The Labute approximate surface area is 184 Å². The van der Waals surface area contributed by atoms with E-state index in [1.807, 2.05) is 0 Å². The lowest BCUT2D eigenvalue weighted by molar-refractivity contribution is 0.0887. The summed E-state index contributed by atoms with van der Waals surface area (Å²) >= 11 is 8.82. The van der Waals surface area contributed by atoms with Crippen LogP contribution < -0.4 is 0 Å². The summed E-state index contributed by atoms with van der Waals surface area (Å²) in [5.74, 6) is 1.48. The number of fused-ring (bicyclic) bond motifs is 1. The van der Waals surface area contributed by atoms with Crippen molar-refractivity contribution < 1.29 is 9.26 Å². The molecule has 0 bridgehead atoms. The minimum atomic E-state index is -1.13. The molecule has 28 heavy (non-hydrogen) atoms. The normalized spacial score (nSPS) is 14.9. The molecule has 0 atom stereocenters. The van der Waals surface area contributed by atoms with E-state index in [9.17, 15) is 0 Å². The SMILES string of the molecule is Cc1c(-c2noc(C3CC3)c2I)c2c(Cl)ncnc2n1COCC[Si](C)(C)C. The van der Waals surface area contributed by atoms with Crippen molar-refractivity contribution in [3.05, 3.63) is 26.5 Å². The highest BCUT2D eigenvalue weighted by Gasteiger charge is 2.33. The molecule has 0 saturated heterocycles. The third-order valence-electron chi connectivity index (χ3n) is 5.11. The zero-order valence-corrected chi connectivity index (χ0v) is 20.5. The van der Waals surface area contributed by atoms with Gasteiger partial charge in [0, 0.05) is 31.9 Å². The monoisotopic (exact) mass is 530 g/mol. The van der Waals surface area contributed by atoms with Gasteiger partial charge >= 0.3 is 0 Å². The molecule has 9 heteroatoms. The lowest BCUT2D eigenvalue weighted by Crippen LogP contribution is -2.22. The van der Waals surface area contributed by atoms with Gasteiger partial charge in [0.05, 0.1) is 8.96 Å². The molecule has 0 amide bonds. The highest BCUT2D eigenvalue weighted by Crippen LogP contribution is 2.46. The maximum Gasteiger partial charge on any atom is 0.153 e. The molecular weight excluding hydrogens is 507 g/mol. The van der Waals surface area contributed by atoms with E-state index in [-0.39, 0.29) is 0 Å². The molecule has 3 aromatic rings. The van der Waals surface area contributed by atoms with E-state index < -0.39 is 8.07 Å². The molecule has 0 radical (unpaired) electrons. The fraction of sp³-hybridized carbons (Fsp3) is 0.526. The minimum Gasteiger partial charge on any atom is -0.361 e. The average molecular weight is 531 g/mol. The van der Waals surface area contributed by atoms with Crippen molar-refractivity contribution in [1.29, 1.82) is 0 Å². The number of rotatable bonds is 7. The van der Waals surface area contributed by atoms with Crippen LogP contribution in [0.1, 0.15) is 30.2 Å². The van der Waals surface area contributed by atoms with Gasteiger partial charge < -0.3 is 13.8 Å². The predicted octanol–water partition coefficient (Wildman–Crippen LogP) is 5.84. The van der Waals surface area contributed by atoms with Crippen LogP contribution in [0.4, 0.5) is 0 Å². The zero-order chi connectivity index (χ0) is 20.1. The number of hydrogen-bond donors (Lipinski definition) is 0. The van der Waals surface area contributed by atoms with E-state index in [0.29, 0.717) is 17.8 Å². The zero-order valence-electron chi connectivity index (χ0n) is 16.6. The summed E-state index contributed by atoms with van der Waals surface area (Å²) in [5, 5.41) is 5.63. The largest absolute Gasteiger partial charge is 0.361 e. The fourth-order valence-electron chi connectivity index (χ4n) is 3.28. The highest BCUT2D eigenvalue weighted by molar-refractivity contribution is 14.1. The quantitative estimate of drug-likeness (QED) is 0.166. The summed E-state index contributed by atoms with van der Waals surface area (Å²) in [4.78, 5) is 8.70. The van der Waals surface area contributed by atoms with Crippen molar-refractivity contribution in [2.45, 2.75) is 58.1 Å². The average Bonchev–Trinajstić information content (AvgIpc) is 3.33. The molecule has 3 heterocycles. The number of nitrogens with zero attached hydrogens (tertiary/aromatic N) is 4. The molecule has 3 aromatic heterocycles. The second kappa shape index (κ2) is 7.70. The molecule has 150 valence electrons. The van der Waals surface area contributed by atoms with Crippen LogP contribution in [0.3, 0.4) is 0 Å². The molecule has 6 nitrogen and oxygen atoms in total. The lowest BCUT2D eigenvalue weighted by Gasteiger charge is -2.16. The van der Waals surface area contributed by atoms with Gasteiger partial charge in [0.1, 0.15) is 29.6 Å². The van der Waals surface area contributed by atoms with Gasteiger partial charge in [-0.1, -0.05) is 36.4 Å². The Morgan fingerprint density at radius 3 is 2.75 bits per heavy atom. The lowest BCUT2D eigenvalue weighted by atomic mass is 10.1. The van der Waals surface area contributed by atoms with Gasteiger partial charge in [-0.2, -0.15) is 0 Å². The Hall–Kier alpha value is -0.973. The van der Waals surface area contributed by atoms with E-state index >= 15 is 0 Å². The Bertz CT molecular complexity index is 1020. The molecule has 1 aliphatic rings. The van der Waals surface area contributed by atoms with Crippen molar-refractivity contribution in [1.82, 2.24) is 19.7 Å². The van der Waals surface area contributed by atoms with E-state index in [0.717, 1.165) is 50.0 Å². The molecular formula is C19H24ClIN4O2Si. The van der Waals surface area contributed by atoms with Gasteiger partial charge in [-0.25, -0.2) is 9.97 Å². The highest BCUT2D eigenvalue weighted by atomic mass is 127. The fourth-order valence-corrected chi connectivity index (χ4v) is 5.16. The molecule has 0 aromatic carbocycles. The first-order chi connectivity index (χ1) is 13.3. The van der Waals surface area contributed by atoms with Crippen molar-refractivity contribution in [2.75, 3.05) is 6.61 Å². The smallest absolute Gasteiger partial charge is 0.153 e. The summed E-state index contributed by atoms with van der Waals surface area (Å²) in [6.07, 6.45) is 3.83. The summed E-state index contributed by atoms with van der Waals surface area (Å²) in [7, 11) is -1.13. The summed E-state index contributed by atoms with van der Waals surface area (Å²) < 4.78 is 14.8. The Morgan fingerprint density at radius 2 is 2.07 bits per heavy atom. The van der Waals surface area contributed by atoms with Crippen molar-refractivity contribution >= 4 is 53.3 Å². The van der Waals surface area contributed by atoms with Crippen LogP contribution in [0, 0.1) is 10.5 Å². The molecule has 0 aliphatic heterocycles. The van der Waals surface area contributed by atoms with E-state index in [1.165, 1.54) is 19.2 Å². The first-order valence-electron chi connectivity index (χ1n) is 9.50. The van der Waals surface area contributed by atoms with Crippen molar-refractivity contribution in [3.63, 3.8) is 0 Å². The molecule has 1 saturated carbocycles. The van der Waals surface area contributed by atoms with Gasteiger partial charge in [0.2, 0.25) is 0 Å². The van der Waals surface area contributed by atoms with Gasteiger partial charge in [0.25, 0.3) is 0 Å². The number of halogens is 2. The van der Waals surface area contributed by atoms with Crippen LogP contribution >= 0.6 is 34.2 Å². The summed E-state index contributed by atoms with van der Waals surface area (Å²) in [6.45, 7) is 10.3. The number of ether oxygens (including phenoxy) is 1. The Balaban J connectivity index is 1.74.